The monoisotopic (exact) mass is 526 g/mol. The Labute approximate surface area is 210 Å². The molecular formula is C24H40N5O4S2+. The number of hydrazone groups is 1. The highest BCUT2D eigenvalue weighted by molar-refractivity contribution is 8.00. The van der Waals surface area contributed by atoms with Crippen molar-refractivity contribution in [3.05, 3.63) is 35.5 Å². The summed E-state index contributed by atoms with van der Waals surface area (Å²) in [4.78, 5) is 16.8. The maximum Gasteiger partial charge on any atom is 0.294 e. The summed E-state index contributed by atoms with van der Waals surface area (Å²) in [5.41, 5.74) is 3.94. The van der Waals surface area contributed by atoms with Crippen molar-refractivity contribution in [2.24, 2.45) is 11.0 Å². The first kappa shape index (κ1) is 29.0. The summed E-state index contributed by atoms with van der Waals surface area (Å²) in [6, 6.07) is 1.75. The second-order valence-corrected chi connectivity index (χ2v) is 14.7. The van der Waals surface area contributed by atoms with E-state index in [1.54, 1.807) is 13.1 Å². The average Bonchev–Trinajstić information content (AvgIpc) is 2.78. The van der Waals surface area contributed by atoms with Crippen molar-refractivity contribution in [3.8, 4) is 0 Å². The van der Waals surface area contributed by atoms with Crippen molar-refractivity contribution in [1.82, 2.24) is 10.3 Å². The largest absolute Gasteiger partial charge is 0.351 e. The Hall–Kier alpha value is -2.24. The van der Waals surface area contributed by atoms with Gasteiger partial charge in [-0.25, -0.2) is 8.87 Å². The predicted octanol–water partition coefficient (Wildman–Crippen LogP) is 2.40. The van der Waals surface area contributed by atoms with Crippen molar-refractivity contribution < 1.29 is 21.3 Å². The minimum atomic E-state index is -3.20. The van der Waals surface area contributed by atoms with Crippen molar-refractivity contribution in [2.75, 3.05) is 44.1 Å². The Kier molecular flexibility index (Phi) is 10.1. The van der Waals surface area contributed by atoms with Crippen LogP contribution in [0.3, 0.4) is 0 Å². The van der Waals surface area contributed by atoms with Gasteiger partial charge in [-0.2, -0.15) is 13.5 Å². The number of carbonyl (C=O) groups is 1. The number of piperidine rings is 1. The van der Waals surface area contributed by atoms with E-state index in [2.05, 4.69) is 33.4 Å². The SMILES string of the molecule is C=NNc1ncc(C(=O)NCC(C=CC)CCCS(=C)(=O)C2CC[N+](C)(S(C)(=O)=O)CC2)cc1C. The standard InChI is InChI=1S/C24H39N5O4S2/c1-7-9-20(17-27-24(30)21-16-19(2)23(26-18-21)28-25-3)10-8-15-34(5,31)22-11-13-29(4,14-12-22)35(6,32)33/h7,9,16,18,20,22H,3,5,8,10-15,17H2,1-2,4,6H3,(H-,26,27,28,30)/p+1. The van der Waals surface area contributed by atoms with Gasteiger partial charge in [0.15, 0.2) is 0 Å². The van der Waals surface area contributed by atoms with Crippen LogP contribution < -0.4 is 10.7 Å². The molecular weight excluding hydrogens is 486 g/mol. The highest BCUT2D eigenvalue weighted by atomic mass is 32.2. The van der Waals surface area contributed by atoms with E-state index in [1.807, 2.05) is 26.0 Å². The van der Waals surface area contributed by atoms with E-state index >= 15 is 0 Å². The lowest BCUT2D eigenvalue weighted by atomic mass is 10.0. The van der Waals surface area contributed by atoms with E-state index in [4.69, 9.17) is 0 Å². The number of likely N-dealkylation sites (tertiary alicyclic amines) is 1. The first-order valence-corrected chi connectivity index (χ1v) is 15.6. The Morgan fingerprint density at radius 3 is 2.54 bits per heavy atom. The number of carbonyl (C=O) groups excluding carboxylic acids is 1. The van der Waals surface area contributed by atoms with Crippen LogP contribution in [0.25, 0.3) is 0 Å². The number of amides is 1. The summed E-state index contributed by atoms with van der Waals surface area (Å²) in [6.45, 7) is 8.54. The second-order valence-electron chi connectivity index (χ2n) is 9.55. The number of rotatable bonds is 12. The number of quaternary nitrogens is 1. The van der Waals surface area contributed by atoms with E-state index in [0.717, 1.165) is 18.4 Å². The summed E-state index contributed by atoms with van der Waals surface area (Å²) >= 11 is 0. The minimum absolute atomic E-state index is 0.00150. The Morgan fingerprint density at radius 2 is 2.00 bits per heavy atom. The van der Waals surface area contributed by atoms with Crippen LogP contribution in [0, 0.1) is 12.8 Å². The van der Waals surface area contributed by atoms with E-state index in [9.17, 15) is 17.4 Å². The van der Waals surface area contributed by atoms with Crippen molar-refractivity contribution in [3.63, 3.8) is 0 Å². The molecule has 2 unspecified atom stereocenters. The lowest BCUT2D eigenvalue weighted by Gasteiger charge is -2.38. The molecule has 0 aromatic carbocycles. The molecule has 1 saturated heterocycles. The fraction of sp³-hybridized carbons (Fsp3) is 0.583. The Morgan fingerprint density at radius 1 is 1.34 bits per heavy atom. The van der Waals surface area contributed by atoms with E-state index < -0.39 is 19.5 Å². The summed E-state index contributed by atoms with van der Waals surface area (Å²) in [5.74, 6) is 5.00. The number of nitrogens with one attached hydrogen (secondary N) is 2. The molecule has 35 heavy (non-hydrogen) atoms. The molecule has 2 N–H and O–H groups in total. The Bertz CT molecular complexity index is 1140. The summed E-state index contributed by atoms with van der Waals surface area (Å²) in [5, 5.41) is 6.50. The number of hydrogen-bond donors (Lipinski definition) is 2. The van der Waals surface area contributed by atoms with Gasteiger partial charge in [-0.05, 0) is 59.6 Å². The fourth-order valence-corrected chi connectivity index (χ4v) is 7.30. The molecule has 1 fully saturated rings. The zero-order valence-electron chi connectivity index (χ0n) is 21.3. The number of sulfonamides is 1. The molecule has 1 aliphatic heterocycles. The van der Waals surface area contributed by atoms with Crippen LogP contribution in [0.15, 0.2) is 29.5 Å². The number of anilines is 1. The molecule has 2 heterocycles. The molecule has 0 spiro atoms. The van der Waals surface area contributed by atoms with Crippen molar-refractivity contribution >= 4 is 43.9 Å². The summed E-state index contributed by atoms with van der Waals surface area (Å²) < 4.78 is 37.5. The van der Waals surface area contributed by atoms with Crippen LogP contribution in [0.5, 0.6) is 0 Å². The molecule has 2 atom stereocenters. The number of hydrogen-bond acceptors (Lipinski definition) is 7. The average molecular weight is 527 g/mol. The van der Waals surface area contributed by atoms with E-state index in [-0.39, 0.29) is 21.0 Å². The molecule has 2 rings (SSSR count). The highest BCUT2D eigenvalue weighted by Gasteiger charge is 2.40. The highest BCUT2D eigenvalue weighted by Crippen LogP contribution is 2.26. The molecule has 1 aromatic rings. The van der Waals surface area contributed by atoms with Gasteiger partial charge in [-0.15, -0.1) is 0 Å². The van der Waals surface area contributed by atoms with Gasteiger partial charge in [0.1, 0.15) is 5.82 Å². The normalized spacial score (nSPS) is 23.4. The van der Waals surface area contributed by atoms with Gasteiger partial charge in [0.05, 0.1) is 32.0 Å². The number of nitrogens with zero attached hydrogens (tertiary/aromatic N) is 3. The third kappa shape index (κ3) is 7.88. The number of aryl methyl sites for hydroxylation is 1. The van der Waals surface area contributed by atoms with Gasteiger partial charge in [-0.1, -0.05) is 12.2 Å². The minimum Gasteiger partial charge on any atom is -0.351 e. The van der Waals surface area contributed by atoms with E-state index in [1.165, 1.54) is 12.5 Å². The van der Waals surface area contributed by atoms with Crippen LogP contribution in [-0.4, -0.2) is 83.9 Å². The number of aromatic nitrogens is 1. The van der Waals surface area contributed by atoms with Crippen LogP contribution in [0.2, 0.25) is 0 Å². The molecule has 0 saturated carbocycles. The van der Waals surface area contributed by atoms with E-state index in [0.29, 0.717) is 49.6 Å². The zero-order valence-corrected chi connectivity index (χ0v) is 23.0. The van der Waals surface area contributed by atoms with Crippen molar-refractivity contribution in [1.29, 1.82) is 0 Å². The molecule has 1 amide bonds. The second kappa shape index (κ2) is 12.1. The topological polar surface area (TPSA) is 118 Å². The molecule has 1 aliphatic rings. The van der Waals surface area contributed by atoms with Crippen LogP contribution >= 0.6 is 0 Å². The molecule has 1 aromatic heterocycles. The quantitative estimate of drug-likeness (QED) is 0.142. The van der Waals surface area contributed by atoms with Crippen molar-refractivity contribution in [2.45, 2.75) is 44.8 Å². The molecule has 0 aliphatic carbocycles. The zero-order chi connectivity index (χ0) is 26.3. The van der Waals surface area contributed by atoms with Crippen LogP contribution in [-0.2, 0) is 19.5 Å². The molecule has 11 heteroatoms. The maximum atomic E-state index is 13.3. The van der Waals surface area contributed by atoms with Gasteiger partial charge in [0.25, 0.3) is 15.9 Å². The number of pyridine rings is 1. The van der Waals surface area contributed by atoms with Crippen LogP contribution in [0.1, 0.15) is 48.5 Å². The summed E-state index contributed by atoms with van der Waals surface area (Å²) in [7, 11) is -3.79. The maximum absolute atomic E-state index is 13.3. The number of allylic oxidation sites excluding steroid dienone is 1. The molecule has 196 valence electrons. The van der Waals surface area contributed by atoms with Gasteiger partial charge in [0.2, 0.25) is 0 Å². The first-order valence-electron chi connectivity index (χ1n) is 11.8. The smallest absolute Gasteiger partial charge is 0.294 e. The van der Waals surface area contributed by atoms with Gasteiger partial charge in [0, 0.05) is 43.3 Å². The summed E-state index contributed by atoms with van der Waals surface area (Å²) in [6.07, 6.45) is 9.46. The predicted molar refractivity (Wildman–Crippen MR) is 146 cm³/mol. The lowest BCUT2D eigenvalue weighted by Crippen LogP contribution is -2.55. The van der Waals surface area contributed by atoms with Crippen LogP contribution in [0.4, 0.5) is 5.82 Å². The van der Waals surface area contributed by atoms with Gasteiger partial charge >= 0.3 is 0 Å². The molecule has 0 radical (unpaired) electrons. The first-order chi connectivity index (χ1) is 16.3. The van der Waals surface area contributed by atoms with Gasteiger partial charge < -0.3 is 5.32 Å². The molecule has 9 nitrogen and oxygen atoms in total. The lowest BCUT2D eigenvalue weighted by molar-refractivity contribution is -0.789. The van der Waals surface area contributed by atoms with Gasteiger partial charge in [-0.3, -0.25) is 14.4 Å². The molecule has 0 bridgehead atoms. The Balaban J connectivity index is 1.88. The third-order valence-electron chi connectivity index (χ3n) is 6.84. The third-order valence-corrected chi connectivity index (χ3v) is 11.5. The fourth-order valence-electron chi connectivity index (χ4n) is 4.36.